The van der Waals surface area contributed by atoms with Gasteiger partial charge in [-0.3, -0.25) is 19.2 Å². The highest BCUT2D eigenvalue weighted by molar-refractivity contribution is 7.14. The van der Waals surface area contributed by atoms with Crippen molar-refractivity contribution in [3.63, 3.8) is 0 Å². The number of Topliss-reactive ketones (excluding diaryl/α,β-unsaturated/α-hetero) is 1. The first-order chi connectivity index (χ1) is 12.0. The topological polar surface area (TPSA) is 102 Å². The average molecular weight is 380 g/mol. The zero-order valence-electron chi connectivity index (χ0n) is 13.4. The van der Waals surface area contributed by atoms with Gasteiger partial charge in [0.1, 0.15) is 6.54 Å². The van der Waals surface area contributed by atoms with E-state index in [-0.39, 0.29) is 24.1 Å². The largest absolute Gasteiger partial charge is 0.456 e. The molecule has 9 heteroatoms. The van der Waals surface area contributed by atoms with Crippen LogP contribution in [-0.2, 0) is 20.9 Å². The SMILES string of the molecule is CC(=O)NCc1ccc(C(=O)COC(=O)CNC(=O)c2cccs2)s1. The molecule has 0 saturated carbocycles. The van der Waals surface area contributed by atoms with Crippen molar-refractivity contribution in [2.45, 2.75) is 13.5 Å². The molecule has 2 amide bonds. The summed E-state index contributed by atoms with van der Waals surface area (Å²) in [6, 6.07) is 6.73. The Kier molecular flexibility index (Phi) is 6.84. The lowest BCUT2D eigenvalue weighted by Crippen LogP contribution is -2.31. The monoisotopic (exact) mass is 380 g/mol. The Bertz CT molecular complexity index is 767. The summed E-state index contributed by atoms with van der Waals surface area (Å²) in [5, 5.41) is 6.82. The van der Waals surface area contributed by atoms with Crippen molar-refractivity contribution in [2.24, 2.45) is 0 Å². The second-order valence-electron chi connectivity index (χ2n) is 4.92. The highest BCUT2D eigenvalue weighted by atomic mass is 32.1. The first kappa shape index (κ1) is 18.8. The molecule has 0 aliphatic carbocycles. The van der Waals surface area contributed by atoms with Crippen LogP contribution in [0.5, 0.6) is 0 Å². The third kappa shape index (κ3) is 6.12. The van der Waals surface area contributed by atoms with Crippen molar-refractivity contribution < 1.29 is 23.9 Å². The predicted molar refractivity (Wildman–Crippen MR) is 93.8 cm³/mol. The minimum atomic E-state index is -0.687. The Labute approximate surface area is 152 Å². The predicted octanol–water partition coefficient (Wildman–Crippen LogP) is 1.60. The molecule has 132 valence electrons. The van der Waals surface area contributed by atoms with E-state index < -0.39 is 12.6 Å². The van der Waals surface area contributed by atoms with Gasteiger partial charge in [0, 0.05) is 11.8 Å². The summed E-state index contributed by atoms with van der Waals surface area (Å²) >= 11 is 2.49. The maximum atomic E-state index is 12.0. The summed E-state index contributed by atoms with van der Waals surface area (Å²) in [7, 11) is 0. The molecule has 7 nitrogen and oxygen atoms in total. The van der Waals surface area contributed by atoms with Crippen LogP contribution < -0.4 is 10.6 Å². The van der Waals surface area contributed by atoms with Crippen LogP contribution in [0.25, 0.3) is 0 Å². The molecule has 0 radical (unpaired) electrons. The van der Waals surface area contributed by atoms with Gasteiger partial charge in [-0.15, -0.1) is 22.7 Å². The molecule has 0 aliphatic rings. The summed E-state index contributed by atoms with van der Waals surface area (Å²) in [5.74, 6) is -1.54. The molecule has 0 aromatic carbocycles. The third-order valence-electron chi connectivity index (χ3n) is 2.95. The summed E-state index contributed by atoms with van der Waals surface area (Å²) in [4.78, 5) is 47.9. The van der Waals surface area contributed by atoms with Crippen LogP contribution in [0.1, 0.15) is 31.1 Å². The first-order valence-corrected chi connectivity index (χ1v) is 8.99. The molecule has 2 aromatic heterocycles. The van der Waals surface area contributed by atoms with Crippen LogP contribution in [-0.4, -0.2) is 36.7 Å². The normalized spacial score (nSPS) is 10.1. The fourth-order valence-electron chi connectivity index (χ4n) is 1.75. The first-order valence-electron chi connectivity index (χ1n) is 7.29. The molecule has 0 saturated heterocycles. The second-order valence-corrected chi connectivity index (χ2v) is 7.04. The van der Waals surface area contributed by atoms with Gasteiger partial charge in [0.2, 0.25) is 11.7 Å². The van der Waals surface area contributed by atoms with Crippen LogP contribution >= 0.6 is 22.7 Å². The number of amides is 2. The minimum absolute atomic E-state index is 0.153. The molecule has 2 N–H and O–H groups in total. The minimum Gasteiger partial charge on any atom is -0.456 e. The Balaban J connectivity index is 1.73. The van der Waals surface area contributed by atoms with Gasteiger partial charge >= 0.3 is 5.97 Å². The number of hydrogen-bond acceptors (Lipinski definition) is 7. The fourth-order valence-corrected chi connectivity index (χ4v) is 3.26. The van der Waals surface area contributed by atoms with E-state index in [2.05, 4.69) is 10.6 Å². The van der Waals surface area contributed by atoms with E-state index in [1.54, 1.807) is 29.6 Å². The smallest absolute Gasteiger partial charge is 0.325 e. The molecule has 0 bridgehead atoms. The lowest BCUT2D eigenvalue weighted by atomic mass is 10.3. The van der Waals surface area contributed by atoms with E-state index >= 15 is 0 Å². The van der Waals surface area contributed by atoms with Crippen LogP contribution in [0.15, 0.2) is 29.6 Å². The van der Waals surface area contributed by atoms with Gasteiger partial charge in [0.05, 0.1) is 16.3 Å². The molecular weight excluding hydrogens is 364 g/mol. The number of ether oxygens (including phenoxy) is 1. The summed E-state index contributed by atoms with van der Waals surface area (Å²) in [6.45, 7) is 1.06. The number of carbonyl (C=O) groups excluding carboxylic acids is 4. The molecule has 0 fully saturated rings. The summed E-state index contributed by atoms with van der Waals surface area (Å²) < 4.78 is 4.87. The number of hydrogen-bond donors (Lipinski definition) is 2. The van der Waals surface area contributed by atoms with Crippen LogP contribution in [0, 0.1) is 0 Å². The molecule has 2 aromatic rings. The van der Waals surface area contributed by atoms with Crippen molar-refractivity contribution in [1.29, 1.82) is 0 Å². The second kappa shape index (κ2) is 9.09. The van der Waals surface area contributed by atoms with Gasteiger partial charge < -0.3 is 15.4 Å². The fraction of sp³-hybridized carbons (Fsp3) is 0.250. The maximum Gasteiger partial charge on any atom is 0.325 e. The van der Waals surface area contributed by atoms with Gasteiger partial charge in [-0.25, -0.2) is 0 Å². The van der Waals surface area contributed by atoms with E-state index in [1.807, 2.05) is 0 Å². The van der Waals surface area contributed by atoms with E-state index in [0.29, 0.717) is 16.3 Å². The number of esters is 1. The summed E-state index contributed by atoms with van der Waals surface area (Å²) in [6.07, 6.45) is 0. The van der Waals surface area contributed by atoms with E-state index in [0.717, 1.165) is 4.88 Å². The Morgan fingerprint density at radius 3 is 2.56 bits per heavy atom. The molecule has 25 heavy (non-hydrogen) atoms. The van der Waals surface area contributed by atoms with Crippen molar-refractivity contribution in [2.75, 3.05) is 13.2 Å². The third-order valence-corrected chi connectivity index (χ3v) is 4.95. The van der Waals surface area contributed by atoms with E-state index in [4.69, 9.17) is 4.74 Å². The zero-order valence-corrected chi connectivity index (χ0v) is 15.0. The van der Waals surface area contributed by atoms with Crippen LogP contribution in [0.4, 0.5) is 0 Å². The van der Waals surface area contributed by atoms with E-state index in [9.17, 15) is 19.2 Å². The van der Waals surface area contributed by atoms with E-state index in [1.165, 1.54) is 29.6 Å². The van der Waals surface area contributed by atoms with Crippen molar-refractivity contribution >= 4 is 46.2 Å². The number of nitrogens with one attached hydrogen (secondary N) is 2. The number of carbonyl (C=O) groups is 4. The van der Waals surface area contributed by atoms with Gasteiger partial charge in [-0.05, 0) is 23.6 Å². The molecule has 0 spiro atoms. The number of thiophene rings is 2. The maximum absolute atomic E-state index is 12.0. The Hall–Kier alpha value is -2.52. The highest BCUT2D eigenvalue weighted by Crippen LogP contribution is 2.17. The molecule has 0 atom stereocenters. The number of rotatable bonds is 8. The van der Waals surface area contributed by atoms with Crippen molar-refractivity contribution in [3.8, 4) is 0 Å². The lowest BCUT2D eigenvalue weighted by molar-refractivity contribution is -0.141. The summed E-state index contributed by atoms with van der Waals surface area (Å²) in [5.41, 5.74) is 0. The Morgan fingerprint density at radius 1 is 1.08 bits per heavy atom. The standard InChI is InChI=1S/C16H16N2O5S2/c1-10(19)17-7-11-4-5-13(25-11)12(20)9-23-15(21)8-18-16(22)14-3-2-6-24-14/h2-6H,7-9H2,1H3,(H,17,19)(H,18,22). The molecular formula is C16H16N2O5S2. The lowest BCUT2D eigenvalue weighted by Gasteiger charge is -2.04. The van der Waals surface area contributed by atoms with Crippen molar-refractivity contribution in [1.82, 2.24) is 10.6 Å². The average Bonchev–Trinajstić information content (AvgIpc) is 3.27. The highest BCUT2D eigenvalue weighted by Gasteiger charge is 2.14. The van der Waals surface area contributed by atoms with Gasteiger partial charge in [-0.2, -0.15) is 0 Å². The molecule has 2 rings (SSSR count). The van der Waals surface area contributed by atoms with Crippen LogP contribution in [0.3, 0.4) is 0 Å². The Morgan fingerprint density at radius 2 is 1.88 bits per heavy atom. The van der Waals surface area contributed by atoms with Gasteiger partial charge in [0.15, 0.2) is 6.61 Å². The molecule has 0 aliphatic heterocycles. The zero-order chi connectivity index (χ0) is 18.2. The van der Waals surface area contributed by atoms with Crippen LogP contribution in [0.2, 0.25) is 0 Å². The number of ketones is 1. The quantitative estimate of drug-likeness (QED) is 0.535. The molecule has 0 unspecified atom stereocenters. The van der Waals surface area contributed by atoms with Crippen molar-refractivity contribution in [3.05, 3.63) is 44.3 Å². The van der Waals surface area contributed by atoms with Gasteiger partial charge in [-0.1, -0.05) is 6.07 Å². The van der Waals surface area contributed by atoms with Gasteiger partial charge in [0.25, 0.3) is 5.91 Å². The molecule has 2 heterocycles.